The zero-order valence-electron chi connectivity index (χ0n) is 18.9. The molecule has 0 spiro atoms. The van der Waals surface area contributed by atoms with Crippen LogP contribution in [0.1, 0.15) is 24.9 Å². The molecule has 0 fully saturated rings. The summed E-state index contributed by atoms with van der Waals surface area (Å²) in [6.45, 7) is 6.22. The molecule has 0 radical (unpaired) electrons. The molecule has 0 saturated heterocycles. The molecular formula is C21H31N7O2S. The lowest BCUT2D eigenvalue weighted by atomic mass is 10.2. The third-order valence-electron chi connectivity index (χ3n) is 4.35. The molecule has 0 unspecified atom stereocenters. The van der Waals surface area contributed by atoms with Crippen LogP contribution in [-0.2, 0) is 17.1 Å². The highest BCUT2D eigenvalue weighted by atomic mass is 32.2. The number of aromatic nitrogens is 4. The predicted octanol–water partition coefficient (Wildman–Crippen LogP) is 2.76. The van der Waals surface area contributed by atoms with Crippen LogP contribution in [0, 0.1) is 13.8 Å². The summed E-state index contributed by atoms with van der Waals surface area (Å²) in [6.07, 6.45) is 2.42. The molecule has 2 aromatic heterocycles. The summed E-state index contributed by atoms with van der Waals surface area (Å²) in [5.74, 6) is 1.34. The number of nitrogens with one attached hydrogen (secondary N) is 3. The molecule has 0 aliphatic heterocycles. The van der Waals surface area contributed by atoms with Gasteiger partial charge in [-0.2, -0.15) is 0 Å². The van der Waals surface area contributed by atoms with E-state index < -0.39 is 10.0 Å². The number of sulfonamides is 1. The molecule has 0 atom stereocenters. The highest BCUT2D eigenvalue weighted by Crippen LogP contribution is 2.23. The molecule has 3 rings (SSSR count). The summed E-state index contributed by atoms with van der Waals surface area (Å²) in [4.78, 5) is 13.5. The number of hydrogen-bond donors (Lipinski definition) is 3. The Bertz CT molecular complexity index is 1090. The Labute approximate surface area is 184 Å². The van der Waals surface area contributed by atoms with Crippen molar-refractivity contribution in [3.05, 3.63) is 48.0 Å². The molecule has 0 aliphatic carbocycles. The molecule has 3 N–H and O–H groups in total. The van der Waals surface area contributed by atoms with Crippen LogP contribution in [0.2, 0.25) is 0 Å². The van der Waals surface area contributed by atoms with E-state index in [4.69, 9.17) is 0 Å². The Kier molecular flexibility index (Phi) is 8.66. The number of hydrogen-bond acceptors (Lipinski definition) is 7. The molecule has 9 nitrogen and oxygen atoms in total. The lowest BCUT2D eigenvalue weighted by Crippen LogP contribution is -2.24. The maximum absolute atomic E-state index is 12.2. The van der Waals surface area contributed by atoms with E-state index in [0.717, 1.165) is 29.3 Å². The quantitative estimate of drug-likeness (QED) is 0.512. The molecule has 3 aromatic rings. The van der Waals surface area contributed by atoms with Gasteiger partial charge in [-0.05, 0) is 64.7 Å². The second kappa shape index (κ2) is 11.0. The molecule has 0 amide bonds. The number of benzene rings is 1. The van der Waals surface area contributed by atoms with E-state index >= 15 is 0 Å². The van der Waals surface area contributed by atoms with Crippen molar-refractivity contribution in [1.29, 1.82) is 0 Å². The maximum Gasteiger partial charge on any atom is 0.240 e. The first-order valence-electron chi connectivity index (χ1n) is 10.0. The van der Waals surface area contributed by atoms with Crippen LogP contribution in [0.25, 0.3) is 11.4 Å². The smallest absolute Gasteiger partial charge is 0.240 e. The van der Waals surface area contributed by atoms with Gasteiger partial charge in [-0.1, -0.05) is 6.92 Å². The number of imidazole rings is 1. The summed E-state index contributed by atoms with van der Waals surface area (Å²) < 4.78 is 28.9. The van der Waals surface area contributed by atoms with Crippen molar-refractivity contribution in [2.24, 2.45) is 7.05 Å². The molecule has 31 heavy (non-hydrogen) atoms. The van der Waals surface area contributed by atoms with Gasteiger partial charge in [0.15, 0.2) is 0 Å². The zero-order chi connectivity index (χ0) is 23.0. The van der Waals surface area contributed by atoms with E-state index in [1.807, 2.05) is 52.5 Å². The molecule has 2 heterocycles. The minimum Gasteiger partial charge on any atom is -0.330 e. The van der Waals surface area contributed by atoms with Gasteiger partial charge in [-0.15, -0.1) is 0 Å². The fourth-order valence-electron chi connectivity index (χ4n) is 2.85. The van der Waals surface area contributed by atoms with E-state index in [-0.39, 0.29) is 4.90 Å². The number of rotatable bonds is 7. The highest BCUT2D eigenvalue weighted by Gasteiger charge is 2.14. The van der Waals surface area contributed by atoms with Gasteiger partial charge in [-0.25, -0.2) is 28.1 Å². The van der Waals surface area contributed by atoms with Crippen molar-refractivity contribution in [3.63, 3.8) is 0 Å². The van der Waals surface area contributed by atoms with Crippen LogP contribution in [0.4, 0.5) is 11.6 Å². The molecule has 1 aromatic carbocycles. The van der Waals surface area contributed by atoms with Crippen LogP contribution in [0.15, 0.2) is 41.4 Å². The van der Waals surface area contributed by atoms with Crippen LogP contribution in [0.5, 0.6) is 0 Å². The Morgan fingerprint density at radius 3 is 2.23 bits per heavy atom. The van der Waals surface area contributed by atoms with Crippen molar-refractivity contribution in [3.8, 4) is 11.4 Å². The summed E-state index contributed by atoms with van der Waals surface area (Å²) in [5, 5.41) is 5.86. The summed E-state index contributed by atoms with van der Waals surface area (Å²) in [5.41, 5.74) is 3.30. The van der Waals surface area contributed by atoms with Crippen molar-refractivity contribution in [1.82, 2.24) is 29.6 Å². The first-order valence-corrected chi connectivity index (χ1v) is 11.5. The molecule has 0 bridgehead atoms. The van der Waals surface area contributed by atoms with Gasteiger partial charge in [0, 0.05) is 25.5 Å². The van der Waals surface area contributed by atoms with Crippen LogP contribution < -0.4 is 15.4 Å². The third kappa shape index (κ3) is 6.33. The van der Waals surface area contributed by atoms with Gasteiger partial charge in [0.1, 0.15) is 5.82 Å². The van der Waals surface area contributed by atoms with Crippen molar-refractivity contribution >= 4 is 21.7 Å². The SMILES string of the molecule is CCCNS(=O)(=O)c1ccc(Nc2nccc(-c3c(C)nc(C)n3C)n2)cc1.CNC. The van der Waals surface area contributed by atoms with E-state index in [0.29, 0.717) is 18.2 Å². The molecule has 0 aliphatic rings. The Balaban J connectivity index is 0.00000107. The Morgan fingerprint density at radius 2 is 1.68 bits per heavy atom. The largest absolute Gasteiger partial charge is 0.330 e. The number of anilines is 2. The average molecular weight is 446 g/mol. The second-order valence-corrected chi connectivity index (χ2v) is 8.73. The fourth-order valence-corrected chi connectivity index (χ4v) is 3.98. The average Bonchev–Trinajstić information content (AvgIpc) is 2.99. The van der Waals surface area contributed by atoms with Crippen molar-refractivity contribution in [2.45, 2.75) is 32.1 Å². The molecular weight excluding hydrogens is 414 g/mol. The fraction of sp³-hybridized carbons (Fsp3) is 0.381. The monoisotopic (exact) mass is 445 g/mol. The van der Waals surface area contributed by atoms with Crippen LogP contribution >= 0.6 is 0 Å². The first-order chi connectivity index (χ1) is 14.7. The maximum atomic E-state index is 12.2. The van der Waals surface area contributed by atoms with Gasteiger partial charge in [0.2, 0.25) is 16.0 Å². The summed E-state index contributed by atoms with van der Waals surface area (Å²) in [7, 11) is 2.22. The van der Waals surface area contributed by atoms with E-state index in [9.17, 15) is 8.42 Å². The number of nitrogens with zero attached hydrogens (tertiary/aromatic N) is 4. The van der Waals surface area contributed by atoms with E-state index in [1.165, 1.54) is 0 Å². The standard InChI is InChI=1S/C19H24N6O2S.C2H7N/c1-5-11-21-28(26,27)16-8-6-15(7-9-16)23-19-20-12-10-17(24-19)18-13(2)22-14(3)25(18)4;1-3-2/h6-10,12,21H,5,11H2,1-4H3,(H,20,23,24);3H,1-2H3. The van der Waals surface area contributed by atoms with Gasteiger partial charge in [-0.3, -0.25) is 0 Å². The van der Waals surface area contributed by atoms with Gasteiger partial charge >= 0.3 is 0 Å². The molecule has 168 valence electrons. The summed E-state index contributed by atoms with van der Waals surface area (Å²) in [6, 6.07) is 8.33. The Morgan fingerprint density at radius 1 is 1.03 bits per heavy atom. The normalized spacial score (nSPS) is 11.0. The second-order valence-electron chi connectivity index (χ2n) is 6.96. The van der Waals surface area contributed by atoms with Crippen molar-refractivity contribution < 1.29 is 8.42 Å². The van der Waals surface area contributed by atoms with Crippen molar-refractivity contribution in [2.75, 3.05) is 26.0 Å². The topological polar surface area (TPSA) is 114 Å². The van der Waals surface area contributed by atoms with Crippen LogP contribution in [-0.4, -0.2) is 48.6 Å². The van der Waals surface area contributed by atoms with Gasteiger partial charge < -0.3 is 15.2 Å². The first kappa shape index (κ1) is 24.4. The van der Waals surface area contributed by atoms with Gasteiger partial charge in [0.05, 0.1) is 22.0 Å². The summed E-state index contributed by atoms with van der Waals surface area (Å²) >= 11 is 0. The van der Waals surface area contributed by atoms with E-state index in [2.05, 4.69) is 30.3 Å². The highest BCUT2D eigenvalue weighted by molar-refractivity contribution is 7.89. The van der Waals surface area contributed by atoms with Crippen LogP contribution in [0.3, 0.4) is 0 Å². The molecule has 0 saturated carbocycles. The predicted molar refractivity (Wildman–Crippen MR) is 124 cm³/mol. The minimum absolute atomic E-state index is 0.224. The minimum atomic E-state index is -3.48. The van der Waals surface area contributed by atoms with E-state index in [1.54, 1.807) is 30.5 Å². The lowest BCUT2D eigenvalue weighted by molar-refractivity contribution is 0.581. The van der Waals surface area contributed by atoms with Gasteiger partial charge in [0.25, 0.3) is 0 Å². The lowest BCUT2D eigenvalue weighted by Gasteiger charge is -2.09. The Hall–Kier alpha value is -2.82. The number of aryl methyl sites for hydroxylation is 2. The molecule has 10 heteroatoms. The third-order valence-corrected chi connectivity index (χ3v) is 5.83. The zero-order valence-corrected chi connectivity index (χ0v) is 19.7.